The van der Waals surface area contributed by atoms with Crippen molar-refractivity contribution in [2.24, 2.45) is 0 Å². The van der Waals surface area contributed by atoms with Crippen LogP contribution in [0.25, 0.3) is 22.2 Å². The van der Waals surface area contributed by atoms with Crippen LogP contribution in [0.2, 0.25) is 5.02 Å². The van der Waals surface area contributed by atoms with Gasteiger partial charge >= 0.3 is 6.36 Å². The van der Waals surface area contributed by atoms with Gasteiger partial charge in [0, 0.05) is 21.8 Å². The molecule has 4 rings (SSSR count). The van der Waals surface area contributed by atoms with Gasteiger partial charge in [-0.05, 0) is 48.2 Å². The second kappa shape index (κ2) is 13.5. The molecule has 1 aromatic heterocycles. The van der Waals surface area contributed by atoms with Gasteiger partial charge in [0.1, 0.15) is 11.6 Å². The van der Waals surface area contributed by atoms with Crippen LogP contribution < -0.4 is 4.74 Å². The number of imidazole rings is 1. The second-order valence-corrected chi connectivity index (χ2v) is 10.5. The first-order valence-electron chi connectivity index (χ1n) is 12.8. The minimum atomic E-state index is -4.86. The molecule has 0 fully saturated rings. The number of aromatic nitrogens is 2. The molecule has 1 heterocycles. The summed E-state index contributed by atoms with van der Waals surface area (Å²) >= 11 is 6.61. The fourth-order valence-corrected chi connectivity index (χ4v) is 5.77. The largest absolute Gasteiger partial charge is 0.573 e. The molecule has 0 aliphatic carbocycles. The Morgan fingerprint density at radius 2 is 1.77 bits per heavy atom. The highest BCUT2D eigenvalue weighted by atomic mass is 35.5. The number of para-hydroxylation sites is 1. The van der Waals surface area contributed by atoms with Crippen molar-refractivity contribution in [1.29, 1.82) is 0 Å². The number of aromatic amines is 1. The van der Waals surface area contributed by atoms with E-state index >= 15 is 0 Å². The van der Waals surface area contributed by atoms with Crippen LogP contribution in [-0.2, 0) is 17.2 Å². The van der Waals surface area contributed by atoms with E-state index in [4.69, 9.17) is 16.6 Å². The van der Waals surface area contributed by atoms with Crippen molar-refractivity contribution in [3.63, 3.8) is 0 Å². The molecular weight excluding hydrogens is 549 g/mol. The maximum Gasteiger partial charge on any atom is 0.573 e. The first-order valence-corrected chi connectivity index (χ1v) is 14.5. The van der Waals surface area contributed by atoms with Gasteiger partial charge in [0.05, 0.1) is 39.4 Å². The van der Waals surface area contributed by atoms with Crippen LogP contribution in [0.5, 0.6) is 5.75 Å². The summed E-state index contributed by atoms with van der Waals surface area (Å²) in [6.07, 6.45) is -3.60. The third kappa shape index (κ3) is 7.01. The minimum Gasteiger partial charge on any atom is -0.405 e. The predicted molar refractivity (Wildman–Crippen MR) is 151 cm³/mol. The molecule has 2 atom stereocenters. The SMILES string of the molecule is CC.CCCS(=O)c1ccc(C(CO)c2nc3c(CC)c(-c4ccccc4OC(F)(F)F)c(Cl)cc3[nH]2)cc1. The van der Waals surface area contributed by atoms with Gasteiger partial charge in [0.15, 0.2) is 0 Å². The lowest BCUT2D eigenvalue weighted by Crippen LogP contribution is -2.17. The molecule has 4 aromatic rings. The van der Waals surface area contributed by atoms with Crippen LogP contribution >= 0.6 is 11.6 Å². The van der Waals surface area contributed by atoms with Gasteiger partial charge in [0.25, 0.3) is 0 Å². The van der Waals surface area contributed by atoms with Gasteiger partial charge in [-0.1, -0.05) is 69.6 Å². The Labute approximate surface area is 233 Å². The zero-order chi connectivity index (χ0) is 28.7. The molecule has 0 amide bonds. The topological polar surface area (TPSA) is 75.2 Å². The number of halogens is 4. The van der Waals surface area contributed by atoms with Crippen LogP contribution in [0.15, 0.2) is 59.5 Å². The van der Waals surface area contributed by atoms with Crippen LogP contribution in [0.3, 0.4) is 0 Å². The van der Waals surface area contributed by atoms with Crippen molar-refractivity contribution in [2.75, 3.05) is 12.4 Å². The van der Waals surface area contributed by atoms with Gasteiger partial charge in [0.2, 0.25) is 0 Å². The van der Waals surface area contributed by atoms with E-state index in [2.05, 4.69) is 9.72 Å². The predicted octanol–water partition coefficient (Wildman–Crippen LogP) is 8.01. The van der Waals surface area contributed by atoms with E-state index in [0.29, 0.717) is 40.2 Å². The Hall–Kier alpha value is -2.88. The van der Waals surface area contributed by atoms with E-state index in [9.17, 15) is 22.5 Å². The van der Waals surface area contributed by atoms with Crippen molar-refractivity contribution in [3.05, 3.63) is 76.6 Å². The lowest BCUT2D eigenvalue weighted by molar-refractivity contribution is -0.274. The Bertz CT molecular complexity index is 1420. The fourth-order valence-electron chi connectivity index (χ4n) is 4.39. The smallest absolute Gasteiger partial charge is 0.405 e. The molecule has 39 heavy (non-hydrogen) atoms. The number of fused-ring (bicyclic) bond motifs is 1. The first kappa shape index (κ1) is 30.7. The number of ether oxygens (including phenoxy) is 1. The summed E-state index contributed by atoms with van der Waals surface area (Å²) in [5.74, 6) is 0.221. The molecule has 10 heteroatoms. The van der Waals surface area contributed by atoms with E-state index in [1.54, 1.807) is 24.3 Å². The van der Waals surface area contributed by atoms with Crippen LogP contribution in [0, 0.1) is 0 Å². The Morgan fingerprint density at radius 1 is 1.10 bits per heavy atom. The molecule has 3 aromatic carbocycles. The molecule has 0 saturated carbocycles. The van der Waals surface area contributed by atoms with Gasteiger partial charge < -0.3 is 14.8 Å². The summed E-state index contributed by atoms with van der Waals surface area (Å²) in [7, 11) is -1.08. The monoisotopic (exact) mass is 580 g/mol. The number of aliphatic hydroxyl groups is 1. The van der Waals surface area contributed by atoms with Crippen molar-refractivity contribution in [3.8, 4) is 16.9 Å². The summed E-state index contributed by atoms with van der Waals surface area (Å²) < 4.78 is 55.7. The molecule has 0 bridgehead atoms. The number of nitrogens with one attached hydrogen (secondary N) is 1. The highest BCUT2D eigenvalue weighted by Crippen LogP contribution is 2.42. The van der Waals surface area contributed by atoms with Crippen molar-refractivity contribution in [2.45, 2.75) is 57.7 Å². The Morgan fingerprint density at radius 3 is 2.36 bits per heavy atom. The summed E-state index contributed by atoms with van der Waals surface area (Å²) in [6.45, 7) is 7.61. The number of hydrogen-bond donors (Lipinski definition) is 2. The number of nitrogens with zero attached hydrogens (tertiary/aromatic N) is 1. The van der Waals surface area contributed by atoms with Crippen molar-refractivity contribution >= 4 is 33.4 Å². The first-order chi connectivity index (χ1) is 18.7. The highest BCUT2D eigenvalue weighted by molar-refractivity contribution is 7.85. The number of aryl methyl sites for hydroxylation is 1. The molecule has 0 aliphatic rings. The molecule has 210 valence electrons. The van der Waals surface area contributed by atoms with Crippen LogP contribution in [0.4, 0.5) is 13.2 Å². The number of rotatable bonds is 9. The van der Waals surface area contributed by atoms with Gasteiger partial charge in [-0.15, -0.1) is 13.2 Å². The number of aliphatic hydroxyl groups excluding tert-OH is 1. The van der Waals surface area contributed by atoms with Crippen molar-refractivity contribution < 1.29 is 27.2 Å². The Kier molecular flexibility index (Phi) is 10.6. The van der Waals surface area contributed by atoms with Gasteiger partial charge in [-0.2, -0.15) is 0 Å². The zero-order valence-electron chi connectivity index (χ0n) is 22.2. The molecule has 0 spiro atoms. The third-order valence-electron chi connectivity index (χ3n) is 6.03. The minimum absolute atomic E-state index is 0.211. The summed E-state index contributed by atoms with van der Waals surface area (Å²) in [5, 5.41) is 10.5. The normalized spacial score (nSPS) is 13.1. The molecule has 0 saturated heterocycles. The highest BCUT2D eigenvalue weighted by Gasteiger charge is 2.33. The zero-order valence-corrected chi connectivity index (χ0v) is 23.8. The molecule has 5 nitrogen and oxygen atoms in total. The quantitative estimate of drug-likeness (QED) is 0.210. The number of hydrogen-bond acceptors (Lipinski definition) is 4. The third-order valence-corrected chi connectivity index (χ3v) is 7.91. The van der Waals surface area contributed by atoms with E-state index in [0.717, 1.165) is 16.9 Å². The van der Waals surface area contributed by atoms with E-state index in [-0.39, 0.29) is 22.9 Å². The van der Waals surface area contributed by atoms with E-state index < -0.39 is 23.1 Å². The molecular formula is C29H32ClF3N2O3S. The van der Waals surface area contributed by atoms with Crippen molar-refractivity contribution in [1.82, 2.24) is 9.97 Å². The number of H-pyrrole nitrogens is 1. The molecule has 0 radical (unpaired) electrons. The average molecular weight is 581 g/mol. The van der Waals surface area contributed by atoms with E-state index in [1.807, 2.05) is 39.8 Å². The van der Waals surface area contributed by atoms with Crippen LogP contribution in [-0.4, -0.2) is 38.0 Å². The second-order valence-electron chi connectivity index (χ2n) is 8.48. The maximum absolute atomic E-state index is 13.1. The lowest BCUT2D eigenvalue weighted by Gasteiger charge is -2.17. The van der Waals surface area contributed by atoms with Gasteiger partial charge in [-0.25, -0.2) is 4.98 Å². The maximum atomic E-state index is 13.1. The average Bonchev–Trinajstić information content (AvgIpc) is 3.32. The van der Waals surface area contributed by atoms with Gasteiger partial charge in [-0.3, -0.25) is 4.21 Å². The fraction of sp³-hybridized carbons (Fsp3) is 0.345. The standard InChI is InChI=1S/C27H26ClF3N2O3S.C2H6/c1-3-13-37(35)17-11-9-16(10-12-17)20(15-34)26-32-22-14-21(28)24(18(4-2)25(22)33-26)19-7-5-6-8-23(19)36-27(29,30)31;1-2/h5-12,14,20,34H,3-4,13,15H2,1-2H3,(H,32,33);1-2H3. The lowest BCUT2D eigenvalue weighted by atomic mass is 9.96. The van der Waals surface area contributed by atoms with Crippen LogP contribution in [0.1, 0.15) is 57.0 Å². The molecule has 2 unspecified atom stereocenters. The summed E-state index contributed by atoms with van der Waals surface area (Å²) in [4.78, 5) is 8.69. The number of alkyl halides is 3. The Balaban J connectivity index is 0.00000205. The summed E-state index contributed by atoms with van der Waals surface area (Å²) in [5.41, 5.74) is 3.23. The molecule has 2 N–H and O–H groups in total. The number of benzene rings is 3. The van der Waals surface area contributed by atoms with E-state index in [1.165, 1.54) is 18.2 Å². The summed E-state index contributed by atoms with van der Waals surface area (Å²) in [6, 6.07) is 14.7. The molecule has 0 aliphatic heterocycles.